The second-order valence-electron chi connectivity index (χ2n) is 6.94. The summed E-state index contributed by atoms with van der Waals surface area (Å²) in [6.45, 7) is 1.07. The molecule has 1 N–H and O–H groups in total. The third-order valence-electron chi connectivity index (χ3n) is 4.93. The molecule has 9 heteroatoms. The van der Waals surface area contributed by atoms with Crippen molar-refractivity contribution in [3.8, 4) is 0 Å². The van der Waals surface area contributed by atoms with Gasteiger partial charge >= 0.3 is 5.69 Å². The molecule has 1 atom stereocenters. The van der Waals surface area contributed by atoms with Gasteiger partial charge in [-0.25, -0.2) is 4.79 Å². The normalized spacial score (nSPS) is 16.4. The lowest BCUT2D eigenvalue weighted by Gasteiger charge is -2.15. The van der Waals surface area contributed by atoms with E-state index in [1.165, 1.54) is 15.9 Å². The summed E-state index contributed by atoms with van der Waals surface area (Å²) in [5, 5.41) is 5.44. The number of hydrogen-bond acceptors (Lipinski definition) is 5. The first-order valence-electron chi connectivity index (χ1n) is 9.36. The largest absolute Gasteiger partial charge is 0.376 e. The van der Waals surface area contributed by atoms with Crippen molar-refractivity contribution in [1.82, 2.24) is 14.5 Å². The highest BCUT2D eigenvalue weighted by Gasteiger charge is 2.19. The van der Waals surface area contributed by atoms with E-state index in [1.807, 2.05) is 17.5 Å². The lowest BCUT2D eigenvalue weighted by molar-refractivity contribution is -0.122. The van der Waals surface area contributed by atoms with Crippen LogP contribution in [0.15, 0.2) is 45.3 Å². The summed E-state index contributed by atoms with van der Waals surface area (Å²) in [5.41, 5.74) is -0.585. The molecule has 1 aliphatic heterocycles. The second kappa shape index (κ2) is 8.52. The molecule has 0 unspecified atom stereocenters. The average Bonchev–Trinajstić information content (AvgIpc) is 3.40. The van der Waals surface area contributed by atoms with E-state index < -0.39 is 11.2 Å². The van der Waals surface area contributed by atoms with Gasteiger partial charge in [-0.05, 0) is 42.5 Å². The Kier molecular flexibility index (Phi) is 5.84. The predicted molar refractivity (Wildman–Crippen MR) is 113 cm³/mol. The number of ether oxygens (including phenoxy) is 1. The van der Waals surface area contributed by atoms with Crippen LogP contribution in [0.3, 0.4) is 0 Å². The van der Waals surface area contributed by atoms with E-state index in [9.17, 15) is 14.4 Å². The smallest absolute Gasteiger partial charge is 0.332 e. The van der Waals surface area contributed by atoms with Crippen molar-refractivity contribution in [2.75, 3.05) is 13.2 Å². The van der Waals surface area contributed by atoms with Crippen LogP contribution in [0.1, 0.15) is 17.7 Å². The fourth-order valence-electron chi connectivity index (χ4n) is 3.47. The molecule has 0 bridgehead atoms. The fraction of sp³-hybridized carbons (Fsp3) is 0.350. The Labute approximate surface area is 175 Å². The van der Waals surface area contributed by atoms with E-state index in [4.69, 9.17) is 16.3 Å². The van der Waals surface area contributed by atoms with Crippen LogP contribution in [0.5, 0.6) is 0 Å². The molecule has 7 nitrogen and oxygen atoms in total. The molecule has 3 aromatic rings. The highest BCUT2D eigenvalue weighted by atomic mass is 35.5. The van der Waals surface area contributed by atoms with Gasteiger partial charge in [0.2, 0.25) is 5.91 Å². The van der Waals surface area contributed by atoms with Crippen molar-refractivity contribution in [1.29, 1.82) is 0 Å². The third kappa shape index (κ3) is 4.29. The lowest BCUT2D eigenvalue weighted by Crippen LogP contribution is -2.43. The average molecular weight is 434 g/mol. The first kappa shape index (κ1) is 19.9. The van der Waals surface area contributed by atoms with Gasteiger partial charge in [0.25, 0.3) is 5.56 Å². The molecule has 1 fully saturated rings. The van der Waals surface area contributed by atoms with Crippen LogP contribution in [0.2, 0.25) is 5.02 Å². The van der Waals surface area contributed by atoms with Crippen molar-refractivity contribution >= 4 is 39.7 Å². The van der Waals surface area contributed by atoms with Gasteiger partial charge in [-0.15, -0.1) is 11.3 Å². The van der Waals surface area contributed by atoms with Crippen molar-refractivity contribution in [2.24, 2.45) is 0 Å². The Bertz CT molecular complexity index is 1150. The maximum absolute atomic E-state index is 13.1. The minimum Gasteiger partial charge on any atom is -0.376 e. The van der Waals surface area contributed by atoms with Gasteiger partial charge in [-0.2, -0.15) is 0 Å². The lowest BCUT2D eigenvalue weighted by atomic mass is 10.2. The number of nitrogens with one attached hydrogen (secondary N) is 1. The molecule has 152 valence electrons. The summed E-state index contributed by atoms with van der Waals surface area (Å²) in [7, 11) is 0. The van der Waals surface area contributed by atoms with Gasteiger partial charge in [-0.1, -0.05) is 17.7 Å². The second-order valence-corrected chi connectivity index (χ2v) is 8.41. The molecule has 0 radical (unpaired) electrons. The number of carbonyl (C=O) groups excluding carboxylic acids is 1. The molecule has 1 saturated heterocycles. The van der Waals surface area contributed by atoms with Crippen molar-refractivity contribution < 1.29 is 9.53 Å². The number of nitrogens with zero attached hydrogens (tertiary/aromatic N) is 2. The molecule has 1 amide bonds. The zero-order valence-corrected chi connectivity index (χ0v) is 17.2. The van der Waals surface area contributed by atoms with Crippen molar-refractivity contribution in [3.63, 3.8) is 0 Å². The highest BCUT2D eigenvalue weighted by molar-refractivity contribution is 7.09. The first-order chi connectivity index (χ1) is 14.0. The summed E-state index contributed by atoms with van der Waals surface area (Å²) < 4.78 is 7.98. The number of halogens is 1. The van der Waals surface area contributed by atoms with Crippen molar-refractivity contribution in [2.45, 2.75) is 32.0 Å². The number of carbonyl (C=O) groups is 1. The molecule has 3 heterocycles. The maximum atomic E-state index is 13.1. The number of hydrogen-bond donors (Lipinski definition) is 1. The minimum absolute atomic E-state index is 0.00893. The fourth-order valence-corrected chi connectivity index (χ4v) is 4.33. The van der Waals surface area contributed by atoms with Crippen LogP contribution < -0.4 is 16.6 Å². The van der Waals surface area contributed by atoms with Crippen LogP contribution in [0.4, 0.5) is 0 Å². The number of amides is 1. The molecule has 29 heavy (non-hydrogen) atoms. The monoisotopic (exact) mass is 433 g/mol. The molecule has 0 saturated carbocycles. The Morgan fingerprint density at radius 1 is 1.28 bits per heavy atom. The van der Waals surface area contributed by atoms with Gasteiger partial charge in [-0.3, -0.25) is 18.7 Å². The first-order valence-corrected chi connectivity index (χ1v) is 10.6. The SMILES string of the molecule is O=C(Cn1c(=O)n(Cc2cccs2)c(=O)c2ccc(Cl)cc21)NC[C@@H]1CCCO1. The summed E-state index contributed by atoms with van der Waals surface area (Å²) in [6, 6.07) is 8.46. The van der Waals surface area contributed by atoms with E-state index in [2.05, 4.69) is 5.32 Å². The highest BCUT2D eigenvalue weighted by Crippen LogP contribution is 2.17. The van der Waals surface area contributed by atoms with E-state index >= 15 is 0 Å². The van der Waals surface area contributed by atoms with E-state index in [-0.39, 0.29) is 25.1 Å². The Hall–Kier alpha value is -2.42. The summed E-state index contributed by atoms with van der Waals surface area (Å²) in [6.07, 6.45) is 1.90. The number of aromatic nitrogens is 2. The van der Waals surface area contributed by atoms with E-state index in [1.54, 1.807) is 18.2 Å². The van der Waals surface area contributed by atoms with Gasteiger partial charge < -0.3 is 10.1 Å². The van der Waals surface area contributed by atoms with Crippen LogP contribution in [-0.2, 0) is 22.6 Å². The maximum Gasteiger partial charge on any atom is 0.332 e. The number of fused-ring (bicyclic) bond motifs is 1. The van der Waals surface area contributed by atoms with Crippen molar-refractivity contribution in [3.05, 3.63) is 66.4 Å². The molecule has 1 aliphatic rings. The summed E-state index contributed by atoms with van der Waals surface area (Å²) >= 11 is 7.56. The van der Waals surface area contributed by atoms with Gasteiger partial charge in [0.05, 0.1) is 23.6 Å². The Balaban J connectivity index is 1.70. The van der Waals surface area contributed by atoms with E-state index in [0.29, 0.717) is 29.1 Å². The third-order valence-corrected chi connectivity index (χ3v) is 6.03. The van der Waals surface area contributed by atoms with Gasteiger partial charge in [0, 0.05) is 23.1 Å². The summed E-state index contributed by atoms with van der Waals surface area (Å²) in [5.74, 6) is -0.315. The Morgan fingerprint density at radius 2 is 2.14 bits per heavy atom. The predicted octanol–water partition coefficient (Wildman–Crippen LogP) is 2.22. The number of rotatable bonds is 6. The molecule has 0 spiro atoms. The molecular formula is C20H20ClN3O4S. The van der Waals surface area contributed by atoms with E-state index in [0.717, 1.165) is 22.3 Å². The van der Waals surface area contributed by atoms with Crippen LogP contribution >= 0.6 is 22.9 Å². The Morgan fingerprint density at radius 3 is 2.86 bits per heavy atom. The molecular weight excluding hydrogens is 414 g/mol. The zero-order valence-electron chi connectivity index (χ0n) is 15.6. The molecule has 1 aromatic carbocycles. The molecule has 2 aromatic heterocycles. The number of benzene rings is 1. The zero-order chi connectivity index (χ0) is 20.4. The molecule has 4 rings (SSSR count). The number of thiophene rings is 1. The van der Waals surface area contributed by atoms with Crippen LogP contribution in [-0.4, -0.2) is 34.3 Å². The standard InChI is InChI=1S/C20H20ClN3O4S/c21-13-5-6-16-17(9-13)23(12-18(25)22-10-14-3-1-7-28-14)20(27)24(19(16)26)11-15-4-2-8-29-15/h2,4-6,8-9,14H,1,3,7,10-12H2,(H,22,25)/t14-/m0/s1. The summed E-state index contributed by atoms with van der Waals surface area (Å²) in [4.78, 5) is 39.4. The quantitative estimate of drug-likeness (QED) is 0.646. The van der Waals surface area contributed by atoms with Gasteiger partial charge in [0.15, 0.2) is 0 Å². The van der Waals surface area contributed by atoms with Crippen LogP contribution in [0.25, 0.3) is 10.9 Å². The van der Waals surface area contributed by atoms with Crippen LogP contribution in [0, 0.1) is 0 Å². The van der Waals surface area contributed by atoms with Gasteiger partial charge in [0.1, 0.15) is 6.54 Å². The topological polar surface area (TPSA) is 82.3 Å². The minimum atomic E-state index is -0.537. The molecule has 0 aliphatic carbocycles.